The highest BCUT2D eigenvalue weighted by atomic mass is 15.1. The van der Waals surface area contributed by atoms with Gasteiger partial charge in [0.2, 0.25) is 0 Å². The minimum Gasteiger partial charge on any atom is -0.330 e. The van der Waals surface area contributed by atoms with Crippen LogP contribution in [-0.4, -0.2) is 31.1 Å². The van der Waals surface area contributed by atoms with Crippen molar-refractivity contribution in [3.05, 3.63) is 0 Å². The molecule has 16 heavy (non-hydrogen) atoms. The lowest BCUT2D eigenvalue weighted by Crippen LogP contribution is -2.49. The van der Waals surface area contributed by atoms with Gasteiger partial charge in [-0.15, -0.1) is 0 Å². The summed E-state index contributed by atoms with van der Waals surface area (Å²) < 4.78 is 0. The summed E-state index contributed by atoms with van der Waals surface area (Å²) in [6, 6.07) is 0.834. The quantitative estimate of drug-likeness (QED) is 0.795. The molecule has 2 rings (SSSR count). The first-order valence-corrected chi connectivity index (χ1v) is 7.05. The van der Waals surface area contributed by atoms with Gasteiger partial charge in [-0.2, -0.15) is 0 Å². The van der Waals surface area contributed by atoms with Gasteiger partial charge in [-0.25, -0.2) is 0 Å². The molecule has 2 N–H and O–H groups in total. The summed E-state index contributed by atoms with van der Waals surface area (Å²) >= 11 is 0. The van der Waals surface area contributed by atoms with Crippen LogP contribution in [0.3, 0.4) is 0 Å². The Morgan fingerprint density at radius 3 is 2.25 bits per heavy atom. The van der Waals surface area contributed by atoms with E-state index in [0.29, 0.717) is 5.41 Å². The lowest BCUT2D eigenvalue weighted by atomic mass is 9.68. The molecule has 0 aromatic heterocycles. The van der Waals surface area contributed by atoms with Crippen molar-refractivity contribution in [3.8, 4) is 0 Å². The molecule has 0 saturated heterocycles. The SMILES string of the molecule is CC1CCC(N(C)CC2(CN)CCC2)CC1. The molecule has 0 bridgehead atoms. The van der Waals surface area contributed by atoms with Gasteiger partial charge < -0.3 is 10.6 Å². The minimum absolute atomic E-state index is 0.484. The van der Waals surface area contributed by atoms with Gasteiger partial charge >= 0.3 is 0 Å². The highest BCUT2D eigenvalue weighted by Crippen LogP contribution is 2.41. The Kier molecular flexibility index (Phi) is 3.91. The summed E-state index contributed by atoms with van der Waals surface area (Å²) in [6.45, 7) is 4.52. The molecule has 0 unspecified atom stereocenters. The van der Waals surface area contributed by atoms with Crippen LogP contribution >= 0.6 is 0 Å². The molecule has 2 aliphatic rings. The predicted octanol–water partition coefficient (Wildman–Crippen LogP) is 2.63. The van der Waals surface area contributed by atoms with Gasteiger partial charge in [0.1, 0.15) is 0 Å². The van der Waals surface area contributed by atoms with Crippen LogP contribution in [0.15, 0.2) is 0 Å². The second-order valence-corrected chi connectivity index (χ2v) is 6.39. The van der Waals surface area contributed by atoms with E-state index in [-0.39, 0.29) is 0 Å². The van der Waals surface area contributed by atoms with Crippen molar-refractivity contribution in [2.24, 2.45) is 17.1 Å². The van der Waals surface area contributed by atoms with Gasteiger partial charge in [0.25, 0.3) is 0 Å². The molecule has 0 aliphatic heterocycles. The summed E-state index contributed by atoms with van der Waals surface area (Å²) in [5.41, 5.74) is 6.43. The summed E-state index contributed by atoms with van der Waals surface area (Å²) in [4.78, 5) is 2.61. The first-order valence-electron chi connectivity index (χ1n) is 7.05. The third-order valence-electron chi connectivity index (χ3n) is 5.04. The Hall–Kier alpha value is -0.0800. The molecular weight excluding hydrogens is 196 g/mol. The molecule has 0 heterocycles. The molecule has 0 aromatic rings. The van der Waals surface area contributed by atoms with Crippen LogP contribution in [0.25, 0.3) is 0 Å². The van der Waals surface area contributed by atoms with E-state index in [4.69, 9.17) is 5.73 Å². The number of hydrogen-bond donors (Lipinski definition) is 1. The molecule has 0 spiro atoms. The van der Waals surface area contributed by atoms with Gasteiger partial charge in [-0.1, -0.05) is 13.3 Å². The van der Waals surface area contributed by atoms with E-state index in [0.717, 1.165) is 18.5 Å². The Balaban J connectivity index is 1.81. The van der Waals surface area contributed by atoms with E-state index in [2.05, 4.69) is 18.9 Å². The molecule has 0 amide bonds. The van der Waals surface area contributed by atoms with Crippen molar-refractivity contribution < 1.29 is 0 Å². The summed E-state index contributed by atoms with van der Waals surface area (Å²) in [7, 11) is 2.32. The fraction of sp³-hybridized carbons (Fsp3) is 1.00. The van der Waals surface area contributed by atoms with Crippen LogP contribution in [0.5, 0.6) is 0 Å². The zero-order chi connectivity index (χ0) is 11.6. The third-order valence-corrected chi connectivity index (χ3v) is 5.04. The van der Waals surface area contributed by atoms with Crippen LogP contribution < -0.4 is 5.73 Å². The van der Waals surface area contributed by atoms with E-state index < -0.39 is 0 Å². The monoisotopic (exact) mass is 224 g/mol. The minimum atomic E-state index is 0.484. The van der Waals surface area contributed by atoms with Crippen LogP contribution in [-0.2, 0) is 0 Å². The van der Waals surface area contributed by atoms with E-state index in [1.165, 1.54) is 51.5 Å². The van der Waals surface area contributed by atoms with Gasteiger partial charge in [0.15, 0.2) is 0 Å². The van der Waals surface area contributed by atoms with Gasteiger partial charge in [-0.3, -0.25) is 0 Å². The molecule has 2 fully saturated rings. The van der Waals surface area contributed by atoms with Crippen molar-refractivity contribution >= 4 is 0 Å². The second kappa shape index (κ2) is 5.05. The Morgan fingerprint density at radius 2 is 1.81 bits per heavy atom. The Labute approximate surface area is 101 Å². The van der Waals surface area contributed by atoms with Gasteiger partial charge in [0.05, 0.1) is 0 Å². The third kappa shape index (κ3) is 2.60. The normalized spacial score (nSPS) is 33.8. The molecule has 0 radical (unpaired) electrons. The first kappa shape index (κ1) is 12.4. The average molecular weight is 224 g/mol. The van der Waals surface area contributed by atoms with Crippen LogP contribution in [0, 0.1) is 11.3 Å². The molecule has 0 atom stereocenters. The van der Waals surface area contributed by atoms with Gasteiger partial charge in [-0.05, 0) is 63.5 Å². The fourth-order valence-electron chi connectivity index (χ4n) is 3.44. The van der Waals surface area contributed by atoms with Crippen LogP contribution in [0.4, 0.5) is 0 Å². The summed E-state index contributed by atoms with van der Waals surface area (Å²) in [5, 5.41) is 0. The lowest BCUT2D eigenvalue weighted by molar-refractivity contribution is 0.0528. The first-order chi connectivity index (χ1) is 7.65. The van der Waals surface area contributed by atoms with Crippen molar-refractivity contribution in [2.75, 3.05) is 20.1 Å². The highest BCUT2D eigenvalue weighted by Gasteiger charge is 2.37. The Bertz CT molecular complexity index is 209. The summed E-state index contributed by atoms with van der Waals surface area (Å²) in [6.07, 6.45) is 9.76. The molecule has 2 heteroatoms. The maximum absolute atomic E-state index is 5.94. The fourth-order valence-corrected chi connectivity index (χ4v) is 3.44. The standard InChI is InChI=1S/C14H28N2/c1-12-4-6-13(7-5-12)16(2)11-14(10-15)8-3-9-14/h12-13H,3-11,15H2,1-2H3. The average Bonchev–Trinajstić information content (AvgIpc) is 2.24. The number of nitrogens with two attached hydrogens (primary N) is 1. The van der Waals surface area contributed by atoms with Crippen molar-refractivity contribution in [1.82, 2.24) is 4.90 Å². The smallest absolute Gasteiger partial charge is 0.00926 e. The molecule has 0 aromatic carbocycles. The maximum atomic E-state index is 5.94. The maximum Gasteiger partial charge on any atom is 0.00926 e. The zero-order valence-corrected chi connectivity index (χ0v) is 11.0. The van der Waals surface area contributed by atoms with Crippen LogP contribution in [0.1, 0.15) is 51.9 Å². The van der Waals surface area contributed by atoms with Crippen molar-refractivity contribution in [3.63, 3.8) is 0 Å². The van der Waals surface area contributed by atoms with E-state index in [1.54, 1.807) is 0 Å². The highest BCUT2D eigenvalue weighted by molar-refractivity contribution is 4.92. The molecular formula is C14H28N2. The zero-order valence-electron chi connectivity index (χ0n) is 11.0. The largest absolute Gasteiger partial charge is 0.330 e. The number of rotatable bonds is 4. The van der Waals surface area contributed by atoms with E-state index >= 15 is 0 Å². The second-order valence-electron chi connectivity index (χ2n) is 6.39. The topological polar surface area (TPSA) is 29.3 Å². The van der Waals surface area contributed by atoms with Crippen LogP contribution in [0.2, 0.25) is 0 Å². The predicted molar refractivity (Wildman–Crippen MR) is 69.4 cm³/mol. The van der Waals surface area contributed by atoms with Crippen molar-refractivity contribution in [1.29, 1.82) is 0 Å². The number of hydrogen-bond acceptors (Lipinski definition) is 2. The number of nitrogens with zero attached hydrogens (tertiary/aromatic N) is 1. The van der Waals surface area contributed by atoms with E-state index in [1.807, 2.05) is 0 Å². The molecule has 2 aliphatic carbocycles. The summed E-state index contributed by atoms with van der Waals surface area (Å²) in [5.74, 6) is 0.955. The van der Waals surface area contributed by atoms with Crippen molar-refractivity contribution in [2.45, 2.75) is 57.9 Å². The Morgan fingerprint density at radius 1 is 1.19 bits per heavy atom. The van der Waals surface area contributed by atoms with Gasteiger partial charge in [0, 0.05) is 12.6 Å². The van der Waals surface area contributed by atoms with E-state index in [9.17, 15) is 0 Å². The molecule has 94 valence electrons. The molecule has 2 saturated carbocycles. The molecule has 2 nitrogen and oxygen atoms in total. The lowest BCUT2D eigenvalue weighted by Gasteiger charge is -2.46.